The van der Waals surface area contributed by atoms with Gasteiger partial charge in [-0.05, 0) is 32.7 Å². The SMILES string of the molecule is CN1C2CCC1CC(n1cc(-c3ccccc3)nn1)C2. The van der Waals surface area contributed by atoms with Crippen LogP contribution in [0.1, 0.15) is 31.7 Å². The van der Waals surface area contributed by atoms with Gasteiger partial charge in [-0.1, -0.05) is 35.5 Å². The highest BCUT2D eigenvalue weighted by molar-refractivity contribution is 5.57. The highest BCUT2D eigenvalue weighted by atomic mass is 15.4. The maximum atomic E-state index is 4.39. The van der Waals surface area contributed by atoms with Crippen molar-refractivity contribution in [2.75, 3.05) is 7.05 Å². The van der Waals surface area contributed by atoms with Gasteiger partial charge >= 0.3 is 0 Å². The summed E-state index contributed by atoms with van der Waals surface area (Å²) in [6.07, 6.45) is 7.23. The molecule has 3 heterocycles. The average Bonchev–Trinajstić information content (AvgIpc) is 3.03. The summed E-state index contributed by atoms with van der Waals surface area (Å²) in [5.41, 5.74) is 2.13. The smallest absolute Gasteiger partial charge is 0.113 e. The highest BCUT2D eigenvalue weighted by Gasteiger charge is 2.39. The third-order valence-electron chi connectivity index (χ3n) is 5.03. The van der Waals surface area contributed by atoms with Crippen LogP contribution in [0.4, 0.5) is 0 Å². The van der Waals surface area contributed by atoms with E-state index >= 15 is 0 Å². The molecule has 20 heavy (non-hydrogen) atoms. The summed E-state index contributed by atoms with van der Waals surface area (Å²) in [7, 11) is 2.27. The summed E-state index contributed by atoms with van der Waals surface area (Å²) in [5.74, 6) is 0. The van der Waals surface area contributed by atoms with Gasteiger partial charge in [-0.25, -0.2) is 4.68 Å². The predicted octanol–water partition coefficient (Wildman–Crippen LogP) is 2.74. The second-order valence-electron chi connectivity index (χ2n) is 6.13. The minimum Gasteiger partial charge on any atom is -0.300 e. The molecule has 2 bridgehead atoms. The van der Waals surface area contributed by atoms with Gasteiger partial charge < -0.3 is 4.90 Å². The molecule has 0 radical (unpaired) electrons. The lowest BCUT2D eigenvalue weighted by molar-refractivity contribution is 0.130. The van der Waals surface area contributed by atoms with E-state index in [4.69, 9.17) is 0 Å². The van der Waals surface area contributed by atoms with Gasteiger partial charge in [-0.3, -0.25) is 0 Å². The van der Waals surface area contributed by atoms with Crippen LogP contribution < -0.4 is 0 Å². The van der Waals surface area contributed by atoms with Crippen molar-refractivity contribution in [1.82, 2.24) is 19.9 Å². The number of hydrogen-bond donors (Lipinski definition) is 0. The molecule has 4 rings (SSSR count). The molecule has 2 aromatic rings. The predicted molar refractivity (Wildman–Crippen MR) is 78.3 cm³/mol. The molecular formula is C16H20N4. The zero-order chi connectivity index (χ0) is 13.5. The van der Waals surface area contributed by atoms with Crippen LogP contribution >= 0.6 is 0 Å². The Morgan fingerprint density at radius 1 is 1.00 bits per heavy atom. The lowest BCUT2D eigenvalue weighted by Gasteiger charge is -2.36. The summed E-state index contributed by atoms with van der Waals surface area (Å²) >= 11 is 0. The maximum absolute atomic E-state index is 4.39. The minimum absolute atomic E-state index is 0.522. The number of nitrogens with zero attached hydrogens (tertiary/aromatic N) is 4. The van der Waals surface area contributed by atoms with Gasteiger partial charge in [0.1, 0.15) is 5.69 Å². The van der Waals surface area contributed by atoms with Crippen LogP contribution in [0.3, 0.4) is 0 Å². The Kier molecular flexibility index (Phi) is 2.84. The van der Waals surface area contributed by atoms with Crippen molar-refractivity contribution in [3.05, 3.63) is 36.5 Å². The molecule has 0 amide bonds. The van der Waals surface area contributed by atoms with Crippen LogP contribution in [0.25, 0.3) is 11.3 Å². The lowest BCUT2D eigenvalue weighted by Crippen LogP contribution is -2.40. The van der Waals surface area contributed by atoms with E-state index in [1.54, 1.807) is 0 Å². The molecule has 4 nitrogen and oxygen atoms in total. The Bertz CT molecular complexity index is 578. The lowest BCUT2D eigenvalue weighted by atomic mass is 9.98. The van der Waals surface area contributed by atoms with E-state index in [9.17, 15) is 0 Å². The van der Waals surface area contributed by atoms with Gasteiger partial charge in [0.15, 0.2) is 0 Å². The molecular weight excluding hydrogens is 248 g/mol. The minimum atomic E-state index is 0.522. The number of hydrogen-bond acceptors (Lipinski definition) is 3. The van der Waals surface area contributed by atoms with Crippen LogP contribution in [0.2, 0.25) is 0 Å². The summed E-state index contributed by atoms with van der Waals surface area (Å²) in [6.45, 7) is 0. The molecule has 1 aromatic heterocycles. The summed E-state index contributed by atoms with van der Waals surface area (Å²) in [4.78, 5) is 2.56. The zero-order valence-electron chi connectivity index (χ0n) is 11.8. The molecule has 2 fully saturated rings. The van der Waals surface area contributed by atoms with Crippen LogP contribution in [0, 0.1) is 0 Å². The van der Waals surface area contributed by atoms with Crippen molar-refractivity contribution >= 4 is 0 Å². The molecule has 1 aromatic carbocycles. The van der Waals surface area contributed by atoms with Gasteiger partial charge in [0, 0.05) is 17.6 Å². The van der Waals surface area contributed by atoms with Crippen molar-refractivity contribution in [3.8, 4) is 11.3 Å². The quantitative estimate of drug-likeness (QED) is 0.840. The van der Waals surface area contributed by atoms with Crippen molar-refractivity contribution in [2.24, 2.45) is 0 Å². The second kappa shape index (κ2) is 4.70. The number of benzene rings is 1. The van der Waals surface area contributed by atoms with Crippen molar-refractivity contribution in [3.63, 3.8) is 0 Å². The molecule has 2 saturated heterocycles. The molecule has 104 valence electrons. The number of aromatic nitrogens is 3. The Labute approximate surface area is 119 Å². The summed E-state index contributed by atoms with van der Waals surface area (Å²) < 4.78 is 2.10. The standard InChI is InChI=1S/C16H20N4/c1-19-13-7-8-14(19)10-15(9-13)20-11-16(17-18-20)12-5-3-2-4-6-12/h2-6,11,13-15H,7-10H2,1H3. The van der Waals surface area contributed by atoms with E-state index in [-0.39, 0.29) is 0 Å². The largest absolute Gasteiger partial charge is 0.300 e. The number of rotatable bonds is 2. The van der Waals surface area contributed by atoms with Gasteiger partial charge in [0.2, 0.25) is 0 Å². The Hall–Kier alpha value is -1.68. The van der Waals surface area contributed by atoms with Crippen molar-refractivity contribution in [1.29, 1.82) is 0 Å². The van der Waals surface area contributed by atoms with E-state index in [1.807, 2.05) is 18.2 Å². The van der Waals surface area contributed by atoms with E-state index in [0.717, 1.165) is 23.3 Å². The van der Waals surface area contributed by atoms with Crippen LogP contribution in [-0.2, 0) is 0 Å². The van der Waals surface area contributed by atoms with E-state index in [2.05, 4.69) is 45.3 Å². The fraction of sp³-hybridized carbons (Fsp3) is 0.500. The topological polar surface area (TPSA) is 34.0 Å². The van der Waals surface area contributed by atoms with Crippen LogP contribution in [0.15, 0.2) is 36.5 Å². The van der Waals surface area contributed by atoms with E-state index < -0.39 is 0 Å². The van der Waals surface area contributed by atoms with Gasteiger partial charge in [0.05, 0.1) is 12.2 Å². The van der Waals surface area contributed by atoms with Gasteiger partial charge in [-0.15, -0.1) is 5.10 Å². The average molecular weight is 268 g/mol. The van der Waals surface area contributed by atoms with E-state index in [1.165, 1.54) is 25.7 Å². The Balaban J connectivity index is 1.57. The zero-order valence-corrected chi connectivity index (χ0v) is 11.8. The third-order valence-corrected chi connectivity index (χ3v) is 5.03. The van der Waals surface area contributed by atoms with Gasteiger partial charge in [0.25, 0.3) is 0 Å². The monoisotopic (exact) mass is 268 g/mol. The van der Waals surface area contributed by atoms with Crippen LogP contribution in [-0.4, -0.2) is 39.0 Å². The first-order chi connectivity index (χ1) is 9.81. The Morgan fingerprint density at radius 3 is 2.40 bits per heavy atom. The van der Waals surface area contributed by atoms with Crippen molar-refractivity contribution < 1.29 is 0 Å². The fourth-order valence-corrected chi connectivity index (χ4v) is 3.80. The van der Waals surface area contributed by atoms with Crippen molar-refractivity contribution in [2.45, 2.75) is 43.8 Å². The molecule has 0 aliphatic carbocycles. The maximum Gasteiger partial charge on any atom is 0.113 e. The molecule has 2 aliphatic heterocycles. The summed E-state index contributed by atoms with van der Waals surface area (Å²) in [5, 5.41) is 8.74. The molecule has 0 saturated carbocycles. The van der Waals surface area contributed by atoms with Gasteiger partial charge in [-0.2, -0.15) is 0 Å². The number of fused-ring (bicyclic) bond motifs is 2. The van der Waals surface area contributed by atoms with E-state index in [0.29, 0.717) is 6.04 Å². The normalized spacial score (nSPS) is 29.8. The molecule has 2 unspecified atom stereocenters. The number of piperidine rings is 1. The molecule has 0 N–H and O–H groups in total. The highest BCUT2D eigenvalue weighted by Crippen LogP contribution is 2.39. The van der Waals surface area contributed by atoms with Crippen LogP contribution in [0.5, 0.6) is 0 Å². The molecule has 2 atom stereocenters. The molecule has 4 heteroatoms. The third kappa shape index (κ3) is 1.95. The first-order valence-electron chi connectivity index (χ1n) is 7.50. The second-order valence-corrected chi connectivity index (χ2v) is 6.13. The first kappa shape index (κ1) is 12.1. The summed E-state index contributed by atoms with van der Waals surface area (Å²) in [6, 6.07) is 12.3. The molecule has 0 spiro atoms. The molecule has 2 aliphatic rings. The first-order valence-corrected chi connectivity index (χ1v) is 7.50. The fourth-order valence-electron chi connectivity index (χ4n) is 3.80. The Morgan fingerprint density at radius 2 is 1.70 bits per heavy atom.